The largest absolute Gasteiger partial charge is 0.355 e. The molecule has 106 valence electrons. The van der Waals surface area contributed by atoms with E-state index >= 15 is 0 Å². The number of halogens is 1. The van der Waals surface area contributed by atoms with Crippen molar-refractivity contribution in [2.24, 2.45) is 17.8 Å². The van der Waals surface area contributed by atoms with Crippen molar-refractivity contribution in [3.63, 3.8) is 0 Å². The maximum atomic E-state index is 11.6. The molecule has 4 heteroatoms. The first-order valence-electron chi connectivity index (χ1n) is 7.21. The molecule has 0 saturated heterocycles. The summed E-state index contributed by atoms with van der Waals surface area (Å²) in [5, 5.41) is 6.30. The van der Waals surface area contributed by atoms with E-state index in [1.807, 2.05) is 0 Å². The zero-order chi connectivity index (χ0) is 12.1. The molecule has 1 amide bonds. The predicted molar refractivity (Wildman–Crippen MR) is 77.0 cm³/mol. The van der Waals surface area contributed by atoms with Crippen molar-refractivity contribution in [2.75, 3.05) is 19.6 Å². The highest BCUT2D eigenvalue weighted by Crippen LogP contribution is 2.28. The van der Waals surface area contributed by atoms with E-state index in [1.165, 1.54) is 38.5 Å². The van der Waals surface area contributed by atoms with Crippen LogP contribution in [0.2, 0.25) is 0 Å². The number of nitrogens with one attached hydrogen (secondary N) is 2. The second kappa shape index (κ2) is 8.00. The van der Waals surface area contributed by atoms with Gasteiger partial charge < -0.3 is 10.6 Å². The Balaban J connectivity index is 0.00000162. The lowest BCUT2D eigenvalue weighted by atomic mass is 9.82. The van der Waals surface area contributed by atoms with Gasteiger partial charge in [-0.3, -0.25) is 4.79 Å². The summed E-state index contributed by atoms with van der Waals surface area (Å²) in [5.74, 6) is 2.58. The van der Waals surface area contributed by atoms with E-state index in [0.29, 0.717) is 12.5 Å². The summed E-state index contributed by atoms with van der Waals surface area (Å²) < 4.78 is 0. The third kappa shape index (κ3) is 6.05. The molecule has 2 rings (SSSR count). The summed E-state index contributed by atoms with van der Waals surface area (Å²) in [4.78, 5) is 11.6. The first kappa shape index (κ1) is 15.8. The van der Waals surface area contributed by atoms with Crippen LogP contribution < -0.4 is 10.6 Å². The Morgan fingerprint density at radius 2 is 1.89 bits per heavy atom. The Morgan fingerprint density at radius 1 is 1.11 bits per heavy atom. The van der Waals surface area contributed by atoms with E-state index in [4.69, 9.17) is 0 Å². The number of hydrogen-bond donors (Lipinski definition) is 2. The van der Waals surface area contributed by atoms with Gasteiger partial charge in [0.1, 0.15) is 0 Å². The van der Waals surface area contributed by atoms with Crippen molar-refractivity contribution >= 4 is 18.3 Å². The van der Waals surface area contributed by atoms with Crippen molar-refractivity contribution < 1.29 is 4.79 Å². The lowest BCUT2D eigenvalue weighted by molar-refractivity contribution is -0.120. The van der Waals surface area contributed by atoms with Gasteiger partial charge in [-0.15, -0.1) is 12.4 Å². The predicted octanol–water partition coefficient (Wildman–Crippen LogP) is 2.35. The zero-order valence-corrected chi connectivity index (χ0v) is 12.2. The van der Waals surface area contributed by atoms with Crippen molar-refractivity contribution in [1.29, 1.82) is 0 Å². The minimum atomic E-state index is 0. The molecule has 0 aromatic rings. The lowest BCUT2D eigenvalue weighted by Crippen LogP contribution is -2.38. The van der Waals surface area contributed by atoms with Crippen LogP contribution in [0.5, 0.6) is 0 Å². The first-order valence-corrected chi connectivity index (χ1v) is 7.21. The standard InChI is InChI=1S/C14H26N2O.ClH/c1-11-3-2-4-13(7-11)9-16-14(17)10-15-8-12-5-6-12;/h11-13,15H,2-10H2,1H3,(H,16,17);1H. The highest BCUT2D eigenvalue weighted by atomic mass is 35.5. The third-order valence-electron chi connectivity index (χ3n) is 4.05. The number of carbonyl (C=O) groups is 1. The van der Waals surface area contributed by atoms with E-state index in [9.17, 15) is 4.79 Å². The molecule has 2 aliphatic carbocycles. The molecule has 0 bridgehead atoms. The minimum absolute atomic E-state index is 0. The Morgan fingerprint density at radius 3 is 2.56 bits per heavy atom. The molecular weight excluding hydrogens is 248 g/mol. The summed E-state index contributed by atoms with van der Waals surface area (Å²) in [5.41, 5.74) is 0. The van der Waals surface area contributed by atoms with Crippen molar-refractivity contribution in [3.8, 4) is 0 Å². The lowest BCUT2D eigenvalue weighted by Gasteiger charge is -2.26. The van der Waals surface area contributed by atoms with Gasteiger partial charge in [0.15, 0.2) is 0 Å². The normalized spacial score (nSPS) is 27.4. The van der Waals surface area contributed by atoms with E-state index in [-0.39, 0.29) is 18.3 Å². The molecule has 0 radical (unpaired) electrons. The first-order chi connectivity index (χ1) is 8.24. The second-order valence-corrected chi connectivity index (χ2v) is 6.02. The number of hydrogen-bond acceptors (Lipinski definition) is 2. The van der Waals surface area contributed by atoms with Gasteiger partial charge in [-0.1, -0.05) is 19.8 Å². The molecule has 0 aliphatic heterocycles. The molecule has 2 atom stereocenters. The Kier molecular flexibility index (Phi) is 7.02. The van der Waals surface area contributed by atoms with Crippen molar-refractivity contribution in [1.82, 2.24) is 10.6 Å². The molecule has 18 heavy (non-hydrogen) atoms. The van der Waals surface area contributed by atoms with Gasteiger partial charge in [-0.2, -0.15) is 0 Å². The quantitative estimate of drug-likeness (QED) is 0.781. The summed E-state index contributed by atoms with van der Waals surface area (Å²) in [6, 6.07) is 0. The fraction of sp³-hybridized carbons (Fsp3) is 0.929. The number of carbonyl (C=O) groups excluding carboxylic acids is 1. The van der Waals surface area contributed by atoms with Gasteiger partial charge in [0.25, 0.3) is 0 Å². The summed E-state index contributed by atoms with van der Waals surface area (Å²) in [6.45, 7) is 4.73. The summed E-state index contributed by atoms with van der Waals surface area (Å²) >= 11 is 0. The molecule has 2 unspecified atom stereocenters. The maximum absolute atomic E-state index is 11.6. The van der Waals surface area contributed by atoms with Crippen LogP contribution in [0.25, 0.3) is 0 Å². The Labute approximate surface area is 117 Å². The number of rotatable bonds is 6. The van der Waals surface area contributed by atoms with Gasteiger partial charge >= 0.3 is 0 Å². The van der Waals surface area contributed by atoms with Crippen LogP contribution in [-0.4, -0.2) is 25.5 Å². The average Bonchev–Trinajstić information content (AvgIpc) is 3.11. The monoisotopic (exact) mass is 274 g/mol. The second-order valence-electron chi connectivity index (χ2n) is 6.02. The van der Waals surface area contributed by atoms with E-state index in [0.717, 1.165) is 24.9 Å². The van der Waals surface area contributed by atoms with Gasteiger partial charge in [-0.05, 0) is 50.0 Å². The average molecular weight is 275 g/mol. The maximum Gasteiger partial charge on any atom is 0.233 e. The van der Waals surface area contributed by atoms with Gasteiger partial charge in [-0.25, -0.2) is 0 Å². The van der Waals surface area contributed by atoms with E-state index in [2.05, 4.69) is 17.6 Å². The molecule has 2 aliphatic rings. The van der Waals surface area contributed by atoms with Crippen LogP contribution in [0, 0.1) is 17.8 Å². The molecule has 0 aromatic heterocycles. The smallest absolute Gasteiger partial charge is 0.233 e. The van der Waals surface area contributed by atoms with Crippen LogP contribution in [-0.2, 0) is 4.79 Å². The Bertz CT molecular complexity index is 256. The number of amides is 1. The third-order valence-corrected chi connectivity index (χ3v) is 4.05. The molecule has 2 fully saturated rings. The highest BCUT2D eigenvalue weighted by molar-refractivity contribution is 5.85. The highest BCUT2D eigenvalue weighted by Gasteiger charge is 2.21. The molecule has 2 saturated carbocycles. The molecule has 0 spiro atoms. The van der Waals surface area contributed by atoms with Crippen LogP contribution in [0.3, 0.4) is 0 Å². The molecule has 0 heterocycles. The Hall–Kier alpha value is -0.280. The molecular formula is C14H27ClN2O. The zero-order valence-electron chi connectivity index (χ0n) is 11.4. The van der Waals surface area contributed by atoms with Crippen molar-refractivity contribution in [2.45, 2.75) is 45.4 Å². The molecule has 2 N–H and O–H groups in total. The summed E-state index contributed by atoms with van der Waals surface area (Å²) in [6.07, 6.45) is 7.97. The SMILES string of the molecule is CC1CCCC(CNC(=O)CNCC2CC2)C1.Cl. The van der Waals surface area contributed by atoms with Crippen molar-refractivity contribution in [3.05, 3.63) is 0 Å². The summed E-state index contributed by atoms with van der Waals surface area (Å²) in [7, 11) is 0. The van der Waals surface area contributed by atoms with Gasteiger partial charge in [0.2, 0.25) is 5.91 Å². The molecule has 3 nitrogen and oxygen atoms in total. The fourth-order valence-corrected chi connectivity index (χ4v) is 2.78. The van der Waals surface area contributed by atoms with Crippen LogP contribution in [0.4, 0.5) is 0 Å². The van der Waals surface area contributed by atoms with E-state index < -0.39 is 0 Å². The van der Waals surface area contributed by atoms with Gasteiger partial charge in [0.05, 0.1) is 6.54 Å². The topological polar surface area (TPSA) is 41.1 Å². The van der Waals surface area contributed by atoms with Gasteiger partial charge in [0, 0.05) is 6.54 Å². The fourth-order valence-electron chi connectivity index (χ4n) is 2.78. The molecule has 0 aromatic carbocycles. The van der Waals surface area contributed by atoms with E-state index in [1.54, 1.807) is 0 Å². The van der Waals surface area contributed by atoms with Crippen LogP contribution in [0.15, 0.2) is 0 Å². The minimum Gasteiger partial charge on any atom is -0.355 e. The van der Waals surface area contributed by atoms with Crippen LogP contribution >= 0.6 is 12.4 Å². The van der Waals surface area contributed by atoms with Crippen LogP contribution in [0.1, 0.15) is 45.4 Å².